The summed E-state index contributed by atoms with van der Waals surface area (Å²) in [4.78, 5) is 16.9. The van der Waals surface area contributed by atoms with Crippen molar-refractivity contribution in [3.8, 4) is 11.3 Å². The van der Waals surface area contributed by atoms with Crippen molar-refractivity contribution in [3.05, 3.63) is 53.7 Å². The number of carbonyl (C=O) groups excluding carboxylic acids is 1. The highest BCUT2D eigenvalue weighted by Gasteiger charge is 2.12. The first kappa shape index (κ1) is 22.1. The Morgan fingerprint density at radius 2 is 1.64 bits per heavy atom. The Balaban J connectivity index is 1.87. The molecule has 2 aromatic rings. The minimum absolute atomic E-state index is 0.0362. The van der Waals surface area contributed by atoms with Gasteiger partial charge < -0.3 is 4.74 Å². The topological polar surface area (TPSA) is 39.2 Å². The zero-order valence-electron chi connectivity index (χ0n) is 17.7. The normalized spacial score (nSPS) is 12.0. The van der Waals surface area contributed by atoms with Gasteiger partial charge in [-0.15, -0.1) is 0 Å². The van der Waals surface area contributed by atoms with Gasteiger partial charge in [-0.05, 0) is 56.4 Å². The second-order valence-electron chi connectivity index (χ2n) is 7.65. The number of aryl methyl sites for hydroxylation is 1. The van der Waals surface area contributed by atoms with Crippen LogP contribution in [-0.4, -0.2) is 17.1 Å². The van der Waals surface area contributed by atoms with Gasteiger partial charge in [-0.3, -0.25) is 4.98 Å². The quantitative estimate of drug-likeness (QED) is 0.293. The third-order valence-electron chi connectivity index (χ3n) is 5.08. The monoisotopic (exact) mass is 381 g/mol. The summed E-state index contributed by atoms with van der Waals surface area (Å²) in [5, 5.41) is 0. The van der Waals surface area contributed by atoms with E-state index in [1.165, 1.54) is 44.1 Å². The highest BCUT2D eigenvalue weighted by atomic mass is 16.5. The Morgan fingerprint density at radius 3 is 2.29 bits per heavy atom. The van der Waals surface area contributed by atoms with Crippen molar-refractivity contribution in [2.45, 2.75) is 84.7 Å². The highest BCUT2D eigenvalue weighted by Crippen LogP contribution is 2.19. The van der Waals surface area contributed by atoms with Crippen molar-refractivity contribution in [2.75, 3.05) is 0 Å². The van der Waals surface area contributed by atoms with E-state index in [1.54, 1.807) is 0 Å². The van der Waals surface area contributed by atoms with Crippen LogP contribution in [0.4, 0.5) is 0 Å². The fraction of sp³-hybridized carbons (Fsp3) is 0.520. The molecule has 0 aliphatic carbocycles. The molecule has 0 bridgehead atoms. The molecule has 0 N–H and O–H groups in total. The van der Waals surface area contributed by atoms with Gasteiger partial charge in [-0.1, -0.05) is 64.2 Å². The number of rotatable bonds is 12. The van der Waals surface area contributed by atoms with Crippen LogP contribution in [0.5, 0.6) is 0 Å². The lowest BCUT2D eigenvalue weighted by Crippen LogP contribution is -2.15. The van der Waals surface area contributed by atoms with Crippen LogP contribution >= 0.6 is 0 Å². The van der Waals surface area contributed by atoms with Gasteiger partial charge in [0.1, 0.15) is 0 Å². The number of hydrogen-bond donors (Lipinski definition) is 0. The van der Waals surface area contributed by atoms with Gasteiger partial charge in [0.25, 0.3) is 0 Å². The smallest absolute Gasteiger partial charge is 0.338 e. The number of hydrogen-bond acceptors (Lipinski definition) is 3. The predicted molar refractivity (Wildman–Crippen MR) is 117 cm³/mol. The summed E-state index contributed by atoms with van der Waals surface area (Å²) in [5.41, 5.74) is 3.83. The molecular weight excluding hydrogens is 346 g/mol. The maximum atomic E-state index is 12.3. The fourth-order valence-corrected chi connectivity index (χ4v) is 3.27. The van der Waals surface area contributed by atoms with Crippen LogP contribution in [0.2, 0.25) is 0 Å². The molecule has 0 aliphatic rings. The molecular formula is C25H35NO2. The van der Waals surface area contributed by atoms with E-state index in [9.17, 15) is 4.79 Å². The molecule has 0 amide bonds. The van der Waals surface area contributed by atoms with Crippen molar-refractivity contribution in [1.82, 2.24) is 4.98 Å². The van der Waals surface area contributed by atoms with E-state index in [0.717, 1.165) is 30.5 Å². The van der Waals surface area contributed by atoms with Crippen LogP contribution in [0, 0.1) is 0 Å². The average molecular weight is 382 g/mol. The van der Waals surface area contributed by atoms with E-state index in [2.05, 4.69) is 31.0 Å². The molecule has 1 aromatic carbocycles. The van der Waals surface area contributed by atoms with Crippen molar-refractivity contribution >= 4 is 5.97 Å². The standard InChI is InChI=1S/C25H35NO2/c1-4-6-8-10-11-20(3)28-25(27)23-16-14-22(15-17-23)24-18-13-21(19-26-24)12-9-7-5-2/h13-20H,4-12H2,1-3H3/t20-/m0/s1. The maximum absolute atomic E-state index is 12.3. The number of nitrogens with zero attached hydrogens (tertiary/aromatic N) is 1. The van der Waals surface area contributed by atoms with Crippen LogP contribution in [0.15, 0.2) is 42.6 Å². The summed E-state index contributed by atoms with van der Waals surface area (Å²) in [6.45, 7) is 6.39. The Bertz CT molecular complexity index is 691. The number of benzene rings is 1. The summed E-state index contributed by atoms with van der Waals surface area (Å²) >= 11 is 0. The van der Waals surface area contributed by atoms with Crippen molar-refractivity contribution in [1.29, 1.82) is 0 Å². The van der Waals surface area contributed by atoms with Crippen LogP contribution < -0.4 is 0 Å². The predicted octanol–water partition coefficient (Wildman–Crippen LogP) is 7.00. The summed E-state index contributed by atoms with van der Waals surface area (Å²) < 4.78 is 5.57. The first-order chi connectivity index (χ1) is 13.6. The zero-order chi connectivity index (χ0) is 20.2. The minimum Gasteiger partial charge on any atom is -0.459 e. The molecule has 1 heterocycles. The van der Waals surface area contributed by atoms with E-state index >= 15 is 0 Å². The summed E-state index contributed by atoms with van der Waals surface area (Å²) in [5.74, 6) is -0.242. The lowest BCUT2D eigenvalue weighted by molar-refractivity contribution is 0.0319. The van der Waals surface area contributed by atoms with Gasteiger partial charge >= 0.3 is 5.97 Å². The third-order valence-corrected chi connectivity index (χ3v) is 5.08. The van der Waals surface area contributed by atoms with Gasteiger partial charge in [-0.25, -0.2) is 4.79 Å². The molecule has 3 nitrogen and oxygen atoms in total. The van der Waals surface area contributed by atoms with Gasteiger partial charge in [0.05, 0.1) is 17.4 Å². The van der Waals surface area contributed by atoms with Crippen molar-refractivity contribution < 1.29 is 9.53 Å². The third kappa shape index (κ3) is 7.46. The molecule has 28 heavy (non-hydrogen) atoms. The number of unbranched alkanes of at least 4 members (excludes halogenated alkanes) is 5. The minimum atomic E-state index is -0.242. The van der Waals surface area contributed by atoms with E-state index in [-0.39, 0.29) is 12.1 Å². The van der Waals surface area contributed by atoms with Gasteiger partial charge in [0.15, 0.2) is 0 Å². The van der Waals surface area contributed by atoms with Crippen molar-refractivity contribution in [2.24, 2.45) is 0 Å². The highest BCUT2D eigenvalue weighted by molar-refractivity contribution is 5.90. The largest absolute Gasteiger partial charge is 0.459 e. The maximum Gasteiger partial charge on any atom is 0.338 e. The first-order valence-corrected chi connectivity index (χ1v) is 10.9. The Hall–Kier alpha value is -2.16. The number of esters is 1. The molecule has 1 atom stereocenters. The molecule has 0 saturated heterocycles. The van der Waals surface area contributed by atoms with Gasteiger partial charge in [0.2, 0.25) is 0 Å². The zero-order valence-corrected chi connectivity index (χ0v) is 17.7. The van der Waals surface area contributed by atoms with Crippen LogP contribution in [-0.2, 0) is 11.2 Å². The fourth-order valence-electron chi connectivity index (χ4n) is 3.27. The molecule has 0 fully saturated rings. The number of ether oxygens (including phenoxy) is 1. The molecule has 3 heteroatoms. The Labute approximate surface area is 170 Å². The van der Waals surface area contributed by atoms with Crippen LogP contribution in [0.25, 0.3) is 11.3 Å². The lowest BCUT2D eigenvalue weighted by atomic mass is 10.1. The summed E-state index contributed by atoms with van der Waals surface area (Å²) in [7, 11) is 0. The van der Waals surface area contributed by atoms with Crippen LogP contribution in [0.1, 0.15) is 88.1 Å². The number of carbonyl (C=O) groups is 1. The van der Waals surface area contributed by atoms with Gasteiger partial charge in [0, 0.05) is 11.8 Å². The molecule has 1 aromatic heterocycles. The van der Waals surface area contributed by atoms with Gasteiger partial charge in [-0.2, -0.15) is 0 Å². The second-order valence-corrected chi connectivity index (χ2v) is 7.65. The molecule has 0 spiro atoms. The Kier molecular flexibility index (Phi) is 9.74. The molecule has 0 aliphatic heterocycles. The van der Waals surface area contributed by atoms with Crippen LogP contribution in [0.3, 0.4) is 0 Å². The second kappa shape index (κ2) is 12.3. The molecule has 0 unspecified atom stereocenters. The van der Waals surface area contributed by atoms with Crippen molar-refractivity contribution in [3.63, 3.8) is 0 Å². The SMILES string of the molecule is CCCCCC[C@H](C)OC(=O)c1ccc(-c2ccc(CCCCC)cn2)cc1. The van der Waals surface area contributed by atoms with E-state index in [4.69, 9.17) is 4.74 Å². The number of pyridine rings is 1. The van der Waals surface area contributed by atoms with E-state index in [0.29, 0.717) is 5.56 Å². The summed E-state index contributed by atoms with van der Waals surface area (Å²) in [6.07, 6.45) is 12.4. The first-order valence-electron chi connectivity index (χ1n) is 10.9. The molecule has 152 valence electrons. The lowest BCUT2D eigenvalue weighted by Gasteiger charge is -2.13. The molecule has 2 rings (SSSR count). The number of aromatic nitrogens is 1. The molecule has 0 saturated carbocycles. The van der Waals surface area contributed by atoms with E-state index < -0.39 is 0 Å². The summed E-state index contributed by atoms with van der Waals surface area (Å²) in [6, 6.07) is 11.8. The molecule has 0 radical (unpaired) electrons. The van der Waals surface area contributed by atoms with E-state index in [1.807, 2.05) is 37.4 Å². The average Bonchev–Trinajstić information content (AvgIpc) is 2.72. The Morgan fingerprint density at radius 1 is 0.929 bits per heavy atom.